The molecule has 1 N–H and O–H groups in total. The number of aromatic hydroxyl groups is 1. The van der Waals surface area contributed by atoms with Crippen molar-refractivity contribution in [1.29, 1.82) is 21.0 Å². The lowest BCUT2D eigenvalue weighted by molar-refractivity contribution is 0.0592. The Hall–Kier alpha value is -4.59. The number of carbonyl (C=O) groups is 2. The fourth-order valence-corrected chi connectivity index (χ4v) is 5.10. The predicted octanol–water partition coefficient (Wildman–Crippen LogP) is 10.2. The van der Waals surface area contributed by atoms with Crippen LogP contribution in [0, 0.1) is 45.3 Å². The molecule has 0 aliphatic rings. The van der Waals surface area contributed by atoms with Crippen molar-refractivity contribution in [2.45, 2.75) is 0 Å². The Morgan fingerprint density at radius 2 is 0.857 bits per heavy atom. The van der Waals surface area contributed by atoms with Crippen LogP contribution in [0.2, 0.25) is 35.2 Å². The quantitative estimate of drug-likeness (QED) is 0.119. The van der Waals surface area contributed by atoms with Gasteiger partial charge in [0.2, 0.25) is 0 Å². The van der Waals surface area contributed by atoms with E-state index in [1.807, 2.05) is 0 Å². The van der Waals surface area contributed by atoms with Crippen molar-refractivity contribution in [1.82, 2.24) is 0 Å². The summed E-state index contributed by atoms with van der Waals surface area (Å²) in [7, 11) is 2.59. The molecule has 0 unspecified atom stereocenters. The van der Waals surface area contributed by atoms with Crippen LogP contribution in [0.1, 0.15) is 43.0 Å². The second-order valence-corrected chi connectivity index (χ2v) is 11.3. The number of nitrogens with zero attached hydrogens (tertiary/aromatic N) is 4. The van der Waals surface area contributed by atoms with E-state index in [0.29, 0.717) is 16.9 Å². The van der Waals surface area contributed by atoms with Gasteiger partial charge in [0.05, 0.1) is 72.7 Å². The molecular weight excluding hydrogens is 785 g/mol. The molecule has 4 aromatic rings. The Balaban J connectivity index is 0.000000282. The summed E-state index contributed by atoms with van der Waals surface area (Å²) in [5, 5.41) is 44.1. The maximum atomic E-state index is 11.4. The first-order chi connectivity index (χ1) is 23.2. The molecule has 4 aromatic carbocycles. The smallest absolute Gasteiger partial charge is 0.337 e. The summed E-state index contributed by atoms with van der Waals surface area (Å²) in [5.74, 6) is -0.505. The van der Waals surface area contributed by atoms with E-state index in [-0.39, 0.29) is 68.9 Å². The van der Waals surface area contributed by atoms with Crippen LogP contribution in [0.3, 0.4) is 0 Å². The second-order valence-electron chi connectivity index (χ2n) is 8.63. The predicted molar refractivity (Wildman–Crippen MR) is 184 cm³/mol. The van der Waals surface area contributed by atoms with Crippen molar-refractivity contribution < 1.29 is 28.9 Å². The van der Waals surface area contributed by atoms with Crippen LogP contribution in [-0.2, 0) is 9.47 Å². The lowest BCUT2D eigenvalue weighted by atomic mass is 10.1. The lowest BCUT2D eigenvalue weighted by Gasteiger charge is -2.13. The summed E-state index contributed by atoms with van der Waals surface area (Å²) in [5.41, 5.74) is 0.391. The Labute approximate surface area is 314 Å². The highest BCUT2D eigenvalue weighted by molar-refractivity contribution is 6.52. The SMILES string of the molecule is COC(=O)c1ccc(O)cc1.COC(=O)c1ccc(Oc2c(Cl)c(Cl)c(C#N)c(C#N)c2Cl)cc1.N#Cc1c(Cl)c(Cl)c(Cl)c(Cl)c1C#N. The molecule has 10 nitrogen and oxygen atoms in total. The molecule has 0 bridgehead atoms. The molecule has 0 aliphatic carbocycles. The number of benzene rings is 4. The van der Waals surface area contributed by atoms with Crippen molar-refractivity contribution in [3.05, 3.63) is 117 Å². The van der Waals surface area contributed by atoms with E-state index < -0.39 is 11.9 Å². The van der Waals surface area contributed by atoms with E-state index in [0.717, 1.165) is 0 Å². The molecule has 0 heterocycles. The van der Waals surface area contributed by atoms with Crippen molar-refractivity contribution in [3.63, 3.8) is 0 Å². The van der Waals surface area contributed by atoms with Gasteiger partial charge in [-0.25, -0.2) is 9.59 Å². The Kier molecular flexibility index (Phi) is 15.6. The summed E-state index contributed by atoms with van der Waals surface area (Å²) in [4.78, 5) is 22.2. The van der Waals surface area contributed by atoms with Gasteiger partial charge in [0.1, 0.15) is 45.8 Å². The normalized spacial score (nSPS) is 9.49. The summed E-state index contributed by atoms with van der Waals surface area (Å²) in [6.45, 7) is 0. The maximum Gasteiger partial charge on any atom is 0.337 e. The molecule has 49 heavy (non-hydrogen) atoms. The zero-order valence-electron chi connectivity index (χ0n) is 24.5. The molecule has 0 saturated heterocycles. The minimum atomic E-state index is -0.495. The van der Waals surface area contributed by atoms with Crippen LogP contribution < -0.4 is 4.74 Å². The molecule has 248 valence electrons. The van der Waals surface area contributed by atoms with Gasteiger partial charge in [-0.2, -0.15) is 21.0 Å². The van der Waals surface area contributed by atoms with Crippen molar-refractivity contribution in [2.24, 2.45) is 0 Å². The van der Waals surface area contributed by atoms with Crippen molar-refractivity contribution in [2.75, 3.05) is 14.2 Å². The van der Waals surface area contributed by atoms with Crippen molar-refractivity contribution in [3.8, 4) is 41.5 Å². The summed E-state index contributed by atoms with van der Waals surface area (Å²) >= 11 is 41.0. The number of hydrogen-bond acceptors (Lipinski definition) is 10. The molecule has 0 amide bonds. The third kappa shape index (κ3) is 9.74. The summed E-state index contributed by atoms with van der Waals surface area (Å²) in [6.07, 6.45) is 0. The second kappa shape index (κ2) is 18.8. The third-order valence-corrected chi connectivity index (χ3v) is 8.78. The maximum absolute atomic E-state index is 11.4. The topological polar surface area (TPSA) is 177 Å². The minimum absolute atomic E-state index is 0.0196. The fourth-order valence-electron chi connectivity index (χ4n) is 3.39. The molecular formula is C32H15Cl7N4O6. The third-order valence-electron chi connectivity index (χ3n) is 5.78. The Morgan fingerprint density at radius 1 is 0.531 bits per heavy atom. The number of methoxy groups -OCH3 is 2. The number of nitriles is 4. The standard InChI is InChI=1S/C16H7Cl3N2O3.C8Cl4N2.C8H8O3/c1-23-16(22)8-2-4-9(5-3-8)24-15-13(18)11(7-21)10(6-20)12(17)14(15)19;9-5-3(1-13)4(2-14)6(10)8(12)7(5)11;1-11-8(10)6-2-4-7(9)5-3-6/h2-5H,1H3;;2-5,9H,1H3. The number of rotatable bonds is 4. The molecule has 4 rings (SSSR count). The molecule has 0 saturated carbocycles. The largest absolute Gasteiger partial charge is 0.508 e. The molecule has 0 spiro atoms. The molecule has 0 aromatic heterocycles. The van der Waals surface area contributed by atoms with E-state index in [9.17, 15) is 9.59 Å². The minimum Gasteiger partial charge on any atom is -0.508 e. The monoisotopic (exact) mass is 796 g/mol. The number of halogens is 7. The number of phenolic OH excluding ortho intramolecular Hbond substituents is 1. The van der Waals surface area contributed by atoms with E-state index >= 15 is 0 Å². The highest BCUT2D eigenvalue weighted by Gasteiger charge is 2.23. The van der Waals surface area contributed by atoms with Crippen LogP contribution in [-0.4, -0.2) is 31.3 Å². The van der Waals surface area contributed by atoms with E-state index in [2.05, 4.69) is 9.47 Å². The molecule has 0 fully saturated rings. The molecule has 0 aliphatic heterocycles. The van der Waals surface area contributed by atoms with Crippen LogP contribution >= 0.6 is 81.2 Å². The number of ether oxygens (including phenoxy) is 3. The van der Waals surface area contributed by atoms with Gasteiger partial charge in [0.25, 0.3) is 0 Å². The van der Waals surface area contributed by atoms with Crippen LogP contribution in [0.4, 0.5) is 0 Å². The zero-order chi connectivity index (χ0) is 37.0. The van der Waals surface area contributed by atoms with Gasteiger partial charge in [-0.1, -0.05) is 81.2 Å². The van der Waals surface area contributed by atoms with Gasteiger partial charge in [-0.05, 0) is 48.5 Å². The average Bonchev–Trinajstić information content (AvgIpc) is 3.12. The summed E-state index contributed by atoms with van der Waals surface area (Å²) in [6, 6.07) is 18.9. The van der Waals surface area contributed by atoms with Gasteiger partial charge in [0, 0.05) is 0 Å². The molecule has 0 radical (unpaired) electrons. The molecule has 17 heteroatoms. The van der Waals surface area contributed by atoms with Gasteiger partial charge in [0.15, 0.2) is 5.75 Å². The Morgan fingerprint density at radius 3 is 1.20 bits per heavy atom. The highest BCUT2D eigenvalue weighted by Crippen LogP contribution is 2.45. The fraction of sp³-hybridized carbons (Fsp3) is 0.0625. The lowest BCUT2D eigenvalue weighted by Crippen LogP contribution is -2.00. The highest BCUT2D eigenvalue weighted by atomic mass is 35.5. The first-order valence-corrected chi connectivity index (χ1v) is 15.3. The first-order valence-electron chi connectivity index (χ1n) is 12.6. The van der Waals surface area contributed by atoms with E-state index in [1.54, 1.807) is 24.3 Å². The van der Waals surface area contributed by atoms with Gasteiger partial charge in [-0.15, -0.1) is 0 Å². The van der Waals surface area contributed by atoms with E-state index in [4.69, 9.17) is 112 Å². The van der Waals surface area contributed by atoms with Crippen LogP contribution in [0.5, 0.6) is 17.2 Å². The van der Waals surface area contributed by atoms with Gasteiger partial charge < -0.3 is 19.3 Å². The zero-order valence-corrected chi connectivity index (χ0v) is 29.8. The number of carbonyl (C=O) groups excluding carboxylic acids is 2. The Bertz CT molecular complexity index is 2040. The van der Waals surface area contributed by atoms with Crippen molar-refractivity contribution >= 4 is 93.1 Å². The van der Waals surface area contributed by atoms with Crippen LogP contribution in [0.15, 0.2) is 48.5 Å². The number of hydrogen-bond donors (Lipinski definition) is 1. The number of esters is 2. The average molecular weight is 800 g/mol. The van der Waals surface area contributed by atoms with Gasteiger partial charge >= 0.3 is 11.9 Å². The van der Waals surface area contributed by atoms with Crippen LogP contribution in [0.25, 0.3) is 0 Å². The first kappa shape index (κ1) is 40.6. The summed E-state index contributed by atoms with van der Waals surface area (Å²) < 4.78 is 14.6. The molecule has 0 atom stereocenters. The van der Waals surface area contributed by atoms with E-state index in [1.165, 1.54) is 62.8 Å². The van der Waals surface area contributed by atoms with Gasteiger partial charge in [-0.3, -0.25) is 0 Å². The number of phenols is 1.